The third-order valence-electron chi connectivity index (χ3n) is 5.60. The van der Waals surface area contributed by atoms with E-state index in [2.05, 4.69) is 43.1 Å². The quantitative estimate of drug-likeness (QED) is 0.421. The Kier molecular flexibility index (Phi) is 11.1. The van der Waals surface area contributed by atoms with E-state index in [1.54, 1.807) is 0 Å². The Labute approximate surface area is 206 Å². The number of rotatable bonds is 12. The van der Waals surface area contributed by atoms with Gasteiger partial charge >= 0.3 is 6.09 Å². The van der Waals surface area contributed by atoms with Gasteiger partial charge < -0.3 is 15.2 Å². The van der Waals surface area contributed by atoms with Gasteiger partial charge in [0, 0.05) is 19.6 Å². The SMILES string of the molecule is CC(C)CC(C)CN(Cc1ccccc1)CC(O)C(Cc1ccccc1)NC(=O)OC(C)(C)C. The lowest BCUT2D eigenvalue weighted by molar-refractivity contribution is 0.0343. The Morgan fingerprint density at radius 2 is 1.50 bits per heavy atom. The average molecular weight is 469 g/mol. The van der Waals surface area contributed by atoms with Crippen LogP contribution in [0.5, 0.6) is 0 Å². The fourth-order valence-corrected chi connectivity index (χ4v) is 4.37. The second-order valence-corrected chi connectivity index (χ2v) is 10.9. The van der Waals surface area contributed by atoms with Crippen LogP contribution >= 0.6 is 0 Å². The molecule has 2 aromatic rings. The van der Waals surface area contributed by atoms with Gasteiger partial charge in [-0.05, 0) is 56.6 Å². The lowest BCUT2D eigenvalue weighted by atomic mass is 9.97. The molecule has 0 heterocycles. The summed E-state index contributed by atoms with van der Waals surface area (Å²) in [5.74, 6) is 1.13. The molecule has 5 nitrogen and oxygen atoms in total. The Morgan fingerprint density at radius 3 is 2.03 bits per heavy atom. The molecule has 0 saturated heterocycles. The third kappa shape index (κ3) is 11.2. The van der Waals surface area contributed by atoms with Crippen LogP contribution in [0.25, 0.3) is 0 Å². The Balaban J connectivity index is 2.17. The van der Waals surface area contributed by atoms with Crippen molar-refractivity contribution < 1.29 is 14.6 Å². The summed E-state index contributed by atoms with van der Waals surface area (Å²) < 4.78 is 5.49. The zero-order valence-electron chi connectivity index (χ0n) is 21.8. The van der Waals surface area contributed by atoms with Gasteiger partial charge in [-0.25, -0.2) is 4.79 Å². The molecule has 2 N–H and O–H groups in total. The van der Waals surface area contributed by atoms with Gasteiger partial charge in [0.15, 0.2) is 0 Å². The lowest BCUT2D eigenvalue weighted by Crippen LogP contribution is -2.51. The summed E-state index contributed by atoms with van der Waals surface area (Å²) in [6, 6.07) is 19.8. The molecule has 0 aliphatic carbocycles. The maximum atomic E-state index is 12.6. The number of nitrogens with zero attached hydrogens (tertiary/aromatic N) is 1. The highest BCUT2D eigenvalue weighted by molar-refractivity contribution is 5.68. The van der Waals surface area contributed by atoms with Crippen molar-refractivity contribution in [3.8, 4) is 0 Å². The third-order valence-corrected chi connectivity index (χ3v) is 5.60. The number of aliphatic hydroxyl groups is 1. The number of amides is 1. The van der Waals surface area contributed by atoms with Crippen LogP contribution in [0, 0.1) is 11.8 Å². The van der Waals surface area contributed by atoms with Crippen LogP contribution in [-0.2, 0) is 17.7 Å². The number of aliphatic hydroxyl groups excluding tert-OH is 1. The van der Waals surface area contributed by atoms with E-state index in [4.69, 9.17) is 4.74 Å². The molecule has 0 aliphatic heterocycles. The van der Waals surface area contributed by atoms with Gasteiger partial charge in [-0.2, -0.15) is 0 Å². The van der Waals surface area contributed by atoms with Crippen LogP contribution in [0.4, 0.5) is 4.79 Å². The van der Waals surface area contributed by atoms with Crippen molar-refractivity contribution in [2.24, 2.45) is 11.8 Å². The van der Waals surface area contributed by atoms with Crippen LogP contribution in [0.15, 0.2) is 60.7 Å². The Morgan fingerprint density at radius 1 is 0.941 bits per heavy atom. The monoisotopic (exact) mass is 468 g/mol. The minimum absolute atomic E-state index is 0.462. The number of benzene rings is 2. The summed E-state index contributed by atoms with van der Waals surface area (Å²) in [4.78, 5) is 14.9. The van der Waals surface area contributed by atoms with Crippen LogP contribution in [0.2, 0.25) is 0 Å². The van der Waals surface area contributed by atoms with Crippen molar-refractivity contribution in [3.05, 3.63) is 71.8 Å². The summed E-state index contributed by atoms with van der Waals surface area (Å²) in [5, 5.41) is 14.3. The van der Waals surface area contributed by atoms with Crippen molar-refractivity contribution in [1.29, 1.82) is 0 Å². The summed E-state index contributed by atoms with van der Waals surface area (Å²) in [5.41, 5.74) is 1.68. The molecule has 3 atom stereocenters. The number of carbonyl (C=O) groups excluding carboxylic acids is 1. The van der Waals surface area contributed by atoms with E-state index in [0.717, 1.165) is 25.1 Å². The van der Waals surface area contributed by atoms with E-state index in [-0.39, 0.29) is 0 Å². The number of hydrogen-bond donors (Lipinski definition) is 2. The molecule has 188 valence electrons. The molecule has 0 radical (unpaired) electrons. The second kappa shape index (κ2) is 13.5. The summed E-state index contributed by atoms with van der Waals surface area (Å²) in [7, 11) is 0. The summed E-state index contributed by atoms with van der Waals surface area (Å²) >= 11 is 0. The fourth-order valence-electron chi connectivity index (χ4n) is 4.37. The predicted molar refractivity (Wildman–Crippen MR) is 140 cm³/mol. The highest BCUT2D eigenvalue weighted by atomic mass is 16.6. The first-order chi connectivity index (χ1) is 16.0. The fraction of sp³-hybridized carbons (Fsp3) is 0.552. The molecule has 0 aliphatic rings. The van der Waals surface area contributed by atoms with Crippen LogP contribution in [0.1, 0.15) is 59.1 Å². The molecule has 0 saturated carbocycles. The normalized spacial score (nSPS) is 14.6. The van der Waals surface area contributed by atoms with Crippen molar-refractivity contribution in [1.82, 2.24) is 10.2 Å². The first kappa shape index (κ1) is 27.9. The lowest BCUT2D eigenvalue weighted by Gasteiger charge is -2.32. The smallest absolute Gasteiger partial charge is 0.407 e. The predicted octanol–water partition coefficient (Wildman–Crippen LogP) is 5.67. The minimum atomic E-state index is -0.748. The molecule has 0 aromatic heterocycles. The summed E-state index contributed by atoms with van der Waals surface area (Å²) in [6.45, 7) is 14.4. The first-order valence-electron chi connectivity index (χ1n) is 12.5. The van der Waals surface area contributed by atoms with E-state index in [0.29, 0.717) is 24.8 Å². The van der Waals surface area contributed by atoms with Gasteiger partial charge in [0.1, 0.15) is 5.60 Å². The molecular formula is C29H44N2O3. The summed E-state index contributed by atoms with van der Waals surface area (Å²) in [6.07, 6.45) is 0.408. The molecular weight excluding hydrogens is 424 g/mol. The van der Waals surface area contributed by atoms with Gasteiger partial charge in [0.05, 0.1) is 12.1 Å². The van der Waals surface area contributed by atoms with Crippen molar-refractivity contribution in [3.63, 3.8) is 0 Å². The van der Waals surface area contributed by atoms with Crippen LogP contribution in [-0.4, -0.2) is 46.9 Å². The largest absolute Gasteiger partial charge is 0.444 e. The molecule has 34 heavy (non-hydrogen) atoms. The van der Waals surface area contributed by atoms with Crippen LogP contribution < -0.4 is 5.32 Å². The Bertz CT molecular complexity index is 833. The molecule has 0 bridgehead atoms. The van der Waals surface area contributed by atoms with Gasteiger partial charge in [0.2, 0.25) is 0 Å². The molecule has 0 spiro atoms. The van der Waals surface area contributed by atoms with E-state index in [1.165, 1.54) is 5.56 Å². The maximum Gasteiger partial charge on any atom is 0.407 e. The van der Waals surface area contributed by atoms with Gasteiger partial charge in [0.25, 0.3) is 0 Å². The standard InChI is InChI=1S/C29H44N2O3/c1-22(2)17-23(3)19-31(20-25-15-11-8-12-16-25)21-27(32)26(18-24-13-9-7-10-14-24)30-28(33)34-29(4,5)6/h7-16,22-23,26-27,32H,17-21H2,1-6H3,(H,30,33). The zero-order chi connectivity index (χ0) is 25.1. The highest BCUT2D eigenvalue weighted by Gasteiger charge is 2.27. The number of hydrogen-bond acceptors (Lipinski definition) is 4. The van der Waals surface area contributed by atoms with Crippen LogP contribution in [0.3, 0.4) is 0 Å². The molecule has 0 fully saturated rings. The van der Waals surface area contributed by atoms with Gasteiger partial charge in [-0.1, -0.05) is 81.4 Å². The highest BCUT2D eigenvalue weighted by Crippen LogP contribution is 2.17. The Hall–Kier alpha value is -2.37. The van der Waals surface area contributed by atoms with E-state index in [9.17, 15) is 9.90 Å². The molecule has 3 unspecified atom stereocenters. The molecule has 1 amide bonds. The molecule has 2 aromatic carbocycles. The van der Waals surface area contributed by atoms with Crippen molar-refractivity contribution in [2.45, 2.75) is 78.7 Å². The number of carbonyl (C=O) groups is 1. The zero-order valence-corrected chi connectivity index (χ0v) is 21.8. The van der Waals surface area contributed by atoms with Crippen molar-refractivity contribution >= 4 is 6.09 Å². The number of nitrogens with one attached hydrogen (secondary N) is 1. The topological polar surface area (TPSA) is 61.8 Å². The maximum absolute atomic E-state index is 12.6. The van der Waals surface area contributed by atoms with E-state index >= 15 is 0 Å². The van der Waals surface area contributed by atoms with E-state index in [1.807, 2.05) is 69.3 Å². The van der Waals surface area contributed by atoms with E-state index < -0.39 is 23.8 Å². The molecule has 2 rings (SSSR count). The van der Waals surface area contributed by atoms with Gasteiger partial charge in [-0.15, -0.1) is 0 Å². The number of alkyl carbamates (subject to hydrolysis) is 1. The molecule has 5 heteroatoms. The van der Waals surface area contributed by atoms with Crippen molar-refractivity contribution in [2.75, 3.05) is 13.1 Å². The number of ether oxygens (including phenoxy) is 1. The minimum Gasteiger partial charge on any atom is -0.444 e. The average Bonchev–Trinajstić information content (AvgIpc) is 2.72. The first-order valence-corrected chi connectivity index (χ1v) is 12.5. The second-order valence-electron chi connectivity index (χ2n) is 10.9. The van der Waals surface area contributed by atoms with Gasteiger partial charge in [-0.3, -0.25) is 4.90 Å².